The summed E-state index contributed by atoms with van der Waals surface area (Å²) in [7, 11) is 0. The molecular weight excluding hydrogens is 334 g/mol. The van der Waals surface area contributed by atoms with Crippen molar-refractivity contribution in [2.24, 2.45) is 0 Å². The third kappa shape index (κ3) is 21.5. The Bertz CT molecular complexity index is 324. The highest BCUT2D eigenvalue weighted by atomic mass is 32.2. The average molecular weight is 376 g/mol. The Morgan fingerprint density at radius 2 is 1.16 bits per heavy atom. The smallest absolute Gasteiger partial charge is 0.220 e. The molecule has 1 atom stereocenters. The maximum absolute atomic E-state index is 11.5. The quantitative estimate of drug-likeness (QED) is 0.228. The summed E-state index contributed by atoms with van der Waals surface area (Å²) in [4.78, 5) is 11.5. The summed E-state index contributed by atoms with van der Waals surface area (Å²) in [5.41, 5.74) is 0. The van der Waals surface area contributed by atoms with E-state index in [4.69, 9.17) is 4.55 Å². The van der Waals surface area contributed by atoms with Gasteiger partial charge in [0.25, 0.3) is 0 Å². The summed E-state index contributed by atoms with van der Waals surface area (Å²) in [6.45, 7) is 2.56. The predicted molar refractivity (Wildman–Crippen MR) is 108 cm³/mol. The van der Waals surface area contributed by atoms with Gasteiger partial charge in [-0.15, -0.1) is 0 Å². The van der Waals surface area contributed by atoms with Gasteiger partial charge in [0, 0.05) is 13.0 Å². The fourth-order valence-electron chi connectivity index (χ4n) is 3.02. The molecule has 2 N–H and O–H groups in total. The molecule has 0 rings (SSSR count). The number of unbranched alkanes of at least 4 members (excludes halogenated alkanes) is 14. The minimum Gasteiger partial charge on any atom is -0.355 e. The molecule has 0 spiro atoms. The second kappa shape index (κ2) is 19.9. The van der Waals surface area contributed by atoms with E-state index in [1.807, 2.05) is 0 Å². The minimum atomic E-state index is -1.81. The van der Waals surface area contributed by atoms with Crippen LogP contribution >= 0.6 is 0 Å². The predicted octanol–water partition coefficient (Wildman–Crippen LogP) is 5.59. The molecule has 0 aliphatic heterocycles. The van der Waals surface area contributed by atoms with Crippen LogP contribution in [0.4, 0.5) is 0 Å². The molecule has 25 heavy (non-hydrogen) atoms. The van der Waals surface area contributed by atoms with Crippen LogP contribution in [-0.2, 0) is 15.9 Å². The molecule has 0 heterocycles. The first kappa shape index (κ1) is 24.6. The normalized spacial score (nSPS) is 12.2. The highest BCUT2D eigenvalue weighted by molar-refractivity contribution is 7.79. The zero-order valence-electron chi connectivity index (χ0n) is 16.4. The molecule has 1 unspecified atom stereocenters. The van der Waals surface area contributed by atoms with Gasteiger partial charge in [0.2, 0.25) is 5.91 Å². The van der Waals surface area contributed by atoms with Crippen molar-refractivity contribution in [1.82, 2.24) is 5.32 Å². The van der Waals surface area contributed by atoms with Crippen LogP contribution in [0.2, 0.25) is 0 Å². The van der Waals surface area contributed by atoms with Crippen molar-refractivity contribution in [2.45, 2.75) is 110 Å². The topological polar surface area (TPSA) is 66.4 Å². The van der Waals surface area contributed by atoms with E-state index >= 15 is 0 Å². The molecule has 4 nitrogen and oxygen atoms in total. The van der Waals surface area contributed by atoms with Gasteiger partial charge in [0.1, 0.15) is 0 Å². The van der Waals surface area contributed by atoms with Crippen molar-refractivity contribution in [1.29, 1.82) is 0 Å². The van der Waals surface area contributed by atoms with Crippen LogP contribution in [0.1, 0.15) is 110 Å². The first-order valence-electron chi connectivity index (χ1n) is 10.5. The lowest BCUT2D eigenvalue weighted by atomic mass is 10.0. The summed E-state index contributed by atoms with van der Waals surface area (Å²) in [5.74, 6) is 0.116. The molecule has 0 aliphatic rings. The van der Waals surface area contributed by atoms with Crippen molar-refractivity contribution < 1.29 is 13.6 Å². The van der Waals surface area contributed by atoms with E-state index in [1.165, 1.54) is 83.5 Å². The van der Waals surface area contributed by atoms with E-state index in [0.717, 1.165) is 12.8 Å². The molecule has 1 amide bonds. The number of hydrogen-bond acceptors (Lipinski definition) is 2. The highest BCUT2D eigenvalue weighted by Gasteiger charge is 2.01. The molecule has 5 heteroatoms. The maximum Gasteiger partial charge on any atom is 0.220 e. The second-order valence-electron chi connectivity index (χ2n) is 7.08. The Balaban J connectivity index is 3.11. The summed E-state index contributed by atoms with van der Waals surface area (Å²) in [6, 6.07) is 0. The fourth-order valence-corrected chi connectivity index (χ4v) is 3.30. The first-order chi connectivity index (χ1) is 12.2. The van der Waals surface area contributed by atoms with Gasteiger partial charge >= 0.3 is 0 Å². The first-order valence-corrected chi connectivity index (χ1v) is 11.8. The molecule has 0 aromatic carbocycles. The standard InChI is InChI=1S/C20H41NO3S/c1-2-3-4-5-6-7-8-9-10-11-12-13-14-15-16-17-20(22)21-18-19-25(23)24/h2-19H2,1H3,(H,21,22)(H,23,24). The molecule has 0 bridgehead atoms. The molecule has 0 aromatic rings. The Labute approximate surface area is 158 Å². The SMILES string of the molecule is CCCCCCCCCCCCCCCCCC(=O)NCCS(=O)O. The largest absolute Gasteiger partial charge is 0.355 e. The lowest BCUT2D eigenvalue weighted by Gasteiger charge is -2.04. The number of carbonyl (C=O) groups is 1. The Hall–Kier alpha value is -0.420. The van der Waals surface area contributed by atoms with Gasteiger partial charge in [0.15, 0.2) is 11.1 Å². The lowest BCUT2D eigenvalue weighted by Crippen LogP contribution is -2.27. The third-order valence-corrected chi connectivity index (χ3v) is 5.16. The monoisotopic (exact) mass is 375 g/mol. The summed E-state index contributed by atoms with van der Waals surface area (Å²) >= 11 is -1.81. The molecule has 0 saturated carbocycles. The molecule has 0 aliphatic carbocycles. The van der Waals surface area contributed by atoms with E-state index in [9.17, 15) is 9.00 Å². The number of carbonyl (C=O) groups excluding carboxylic acids is 1. The Morgan fingerprint density at radius 3 is 1.56 bits per heavy atom. The Morgan fingerprint density at radius 1 is 0.760 bits per heavy atom. The molecule has 150 valence electrons. The van der Waals surface area contributed by atoms with E-state index in [2.05, 4.69) is 12.2 Å². The molecular formula is C20H41NO3S. The Kier molecular flexibility index (Phi) is 19.6. The fraction of sp³-hybridized carbons (Fsp3) is 0.950. The molecule has 0 radical (unpaired) electrons. The van der Waals surface area contributed by atoms with Crippen molar-refractivity contribution in [3.63, 3.8) is 0 Å². The number of amides is 1. The van der Waals surface area contributed by atoms with Gasteiger partial charge in [-0.2, -0.15) is 0 Å². The lowest BCUT2D eigenvalue weighted by molar-refractivity contribution is -0.121. The van der Waals surface area contributed by atoms with Crippen molar-refractivity contribution in [3.8, 4) is 0 Å². The van der Waals surface area contributed by atoms with E-state index in [0.29, 0.717) is 13.0 Å². The van der Waals surface area contributed by atoms with E-state index < -0.39 is 11.1 Å². The van der Waals surface area contributed by atoms with Crippen LogP contribution in [0.25, 0.3) is 0 Å². The minimum absolute atomic E-state index is 0.000133. The molecule has 0 saturated heterocycles. The van der Waals surface area contributed by atoms with Crippen molar-refractivity contribution in [3.05, 3.63) is 0 Å². The van der Waals surface area contributed by atoms with Gasteiger partial charge < -0.3 is 9.87 Å². The van der Waals surface area contributed by atoms with E-state index in [-0.39, 0.29) is 11.7 Å². The van der Waals surface area contributed by atoms with Crippen molar-refractivity contribution >= 4 is 17.0 Å². The van der Waals surface area contributed by atoms with Gasteiger partial charge in [-0.3, -0.25) is 4.79 Å². The van der Waals surface area contributed by atoms with Crippen LogP contribution in [0.5, 0.6) is 0 Å². The summed E-state index contributed by atoms with van der Waals surface area (Å²) in [6.07, 6.45) is 20.3. The summed E-state index contributed by atoms with van der Waals surface area (Å²) < 4.78 is 19.1. The third-order valence-electron chi connectivity index (χ3n) is 4.61. The summed E-state index contributed by atoms with van der Waals surface area (Å²) in [5, 5.41) is 2.67. The number of rotatable bonds is 19. The molecule has 0 aromatic heterocycles. The van der Waals surface area contributed by atoms with Gasteiger partial charge in [-0.1, -0.05) is 96.8 Å². The van der Waals surface area contributed by atoms with Crippen LogP contribution in [0.15, 0.2) is 0 Å². The van der Waals surface area contributed by atoms with Crippen LogP contribution in [0, 0.1) is 0 Å². The zero-order valence-corrected chi connectivity index (χ0v) is 17.2. The maximum atomic E-state index is 11.5. The van der Waals surface area contributed by atoms with Crippen LogP contribution in [-0.4, -0.2) is 27.0 Å². The number of hydrogen-bond donors (Lipinski definition) is 2. The second-order valence-corrected chi connectivity index (χ2v) is 8.13. The van der Waals surface area contributed by atoms with Gasteiger partial charge in [-0.25, -0.2) is 4.21 Å². The average Bonchev–Trinajstić information content (AvgIpc) is 2.58. The van der Waals surface area contributed by atoms with Gasteiger partial charge in [0.05, 0.1) is 5.75 Å². The molecule has 0 fully saturated rings. The highest BCUT2D eigenvalue weighted by Crippen LogP contribution is 2.13. The zero-order chi connectivity index (χ0) is 18.6. The van der Waals surface area contributed by atoms with E-state index in [1.54, 1.807) is 0 Å². The van der Waals surface area contributed by atoms with Gasteiger partial charge in [-0.05, 0) is 6.42 Å². The van der Waals surface area contributed by atoms with Crippen LogP contribution < -0.4 is 5.32 Å². The number of nitrogens with one attached hydrogen (secondary N) is 1. The van der Waals surface area contributed by atoms with Crippen LogP contribution in [0.3, 0.4) is 0 Å². The van der Waals surface area contributed by atoms with Crippen molar-refractivity contribution in [2.75, 3.05) is 12.3 Å².